The second kappa shape index (κ2) is 7.42. The van der Waals surface area contributed by atoms with Crippen molar-refractivity contribution in [2.24, 2.45) is 0 Å². The van der Waals surface area contributed by atoms with E-state index in [2.05, 4.69) is 78.6 Å². The quantitative estimate of drug-likeness (QED) is 0.373. The van der Waals surface area contributed by atoms with Gasteiger partial charge in [-0.2, -0.15) is 0 Å². The van der Waals surface area contributed by atoms with E-state index < -0.39 is 51.6 Å². The SMILES string of the molecule is C[Si](C)(C)[N]([Si](C)(C)C)[Sn-]([F])([F])([c]1ccccc1)[N]([Si](C)(C)C)[Si](C)(C)C. The molecule has 0 radical (unpaired) electrons. The van der Waals surface area contributed by atoms with Crippen LogP contribution in [0.4, 0.5) is 5.73 Å². The summed E-state index contributed by atoms with van der Waals surface area (Å²) in [6.07, 6.45) is 0. The van der Waals surface area contributed by atoms with Gasteiger partial charge in [0, 0.05) is 0 Å². The van der Waals surface area contributed by atoms with Crippen LogP contribution in [0, 0.1) is 0 Å². The number of nitrogens with zero attached hydrogens (tertiary/aromatic N) is 2. The van der Waals surface area contributed by atoms with Crippen molar-refractivity contribution in [3.63, 3.8) is 0 Å². The molecule has 0 N–H and O–H groups in total. The Morgan fingerprint density at radius 2 is 0.815 bits per heavy atom. The second-order valence-corrected chi connectivity index (χ2v) is 46.3. The molecule has 0 amide bonds. The average Bonchev–Trinajstić information content (AvgIpc) is 2.31. The number of hydrogen-bond acceptors (Lipinski definition) is 2. The molecule has 0 aliphatic heterocycles. The van der Waals surface area contributed by atoms with Crippen molar-refractivity contribution in [2.45, 2.75) is 78.6 Å². The number of benzene rings is 1. The van der Waals surface area contributed by atoms with Gasteiger partial charge >= 0.3 is 175 Å². The number of rotatable bonds is 7. The molecule has 1 aromatic rings. The summed E-state index contributed by atoms with van der Waals surface area (Å²) < 4.78 is 40.3. The zero-order valence-corrected chi connectivity index (χ0v) is 26.4. The molecule has 0 aliphatic rings. The van der Waals surface area contributed by atoms with Gasteiger partial charge in [0.05, 0.1) is 0 Å². The van der Waals surface area contributed by atoms with Gasteiger partial charge in [-0.1, -0.05) is 0 Å². The van der Waals surface area contributed by atoms with E-state index in [4.69, 9.17) is 0 Å². The zero-order valence-electron chi connectivity index (χ0n) is 19.5. The topological polar surface area (TPSA) is 6.48 Å². The van der Waals surface area contributed by atoms with E-state index in [1.165, 1.54) is 0 Å². The van der Waals surface area contributed by atoms with Gasteiger partial charge in [-0.25, -0.2) is 0 Å². The summed E-state index contributed by atoms with van der Waals surface area (Å²) in [5.74, 6) is 0. The first kappa shape index (κ1) is 25.7. The Bertz CT molecular complexity index is 595. The molecule has 9 heteroatoms. The van der Waals surface area contributed by atoms with Gasteiger partial charge in [-0.05, 0) is 0 Å². The standard InChI is InChI=1S/2C6H18NSi2.C6H5.2FH.Sn/c2*1-8(2,3)7-9(4,5)6;1-2-4-6-5-3-1;;;/h2*1-6H3;1-5H;2*1H;/q2*-1;;;;+3/p-2. The summed E-state index contributed by atoms with van der Waals surface area (Å²) in [5.41, 5.74) is 0. The first-order chi connectivity index (χ1) is 11.6. The maximum absolute atomic E-state index is 18.1. The second-order valence-electron chi connectivity index (χ2n) is 11.6. The van der Waals surface area contributed by atoms with Crippen molar-refractivity contribution in [3.8, 4) is 0 Å². The Hall–Kier alpha value is 0.666. The van der Waals surface area contributed by atoms with Crippen LogP contribution < -0.4 is 3.58 Å². The van der Waals surface area contributed by atoms with Crippen molar-refractivity contribution in [1.29, 1.82) is 0 Å². The summed E-state index contributed by atoms with van der Waals surface area (Å²) in [7, 11) is -9.17. The van der Waals surface area contributed by atoms with Crippen LogP contribution in [0.25, 0.3) is 0 Å². The predicted octanol–water partition coefficient (Wildman–Crippen LogP) is 6.17. The van der Waals surface area contributed by atoms with Crippen LogP contribution in [0.15, 0.2) is 30.3 Å². The minimum absolute atomic E-state index is 0.341. The van der Waals surface area contributed by atoms with Crippen LogP contribution in [-0.2, 0) is 0 Å². The van der Waals surface area contributed by atoms with Gasteiger partial charge in [0.15, 0.2) is 0 Å². The summed E-state index contributed by atoms with van der Waals surface area (Å²) in [6.45, 7) is 25.4. The van der Waals surface area contributed by atoms with E-state index in [-0.39, 0.29) is 0 Å². The van der Waals surface area contributed by atoms with Crippen LogP contribution in [-0.4, -0.2) is 56.5 Å². The van der Waals surface area contributed by atoms with Crippen molar-refractivity contribution in [1.82, 2.24) is 4.91 Å². The van der Waals surface area contributed by atoms with Gasteiger partial charge in [-0.15, -0.1) is 0 Å². The molecular formula is C18H41F2N2Si4Sn-. The molecule has 0 unspecified atom stereocenters. The summed E-state index contributed by atoms with van der Waals surface area (Å²) >= 11 is -6.74. The summed E-state index contributed by atoms with van der Waals surface area (Å²) in [6, 6.07) is 8.93. The van der Waals surface area contributed by atoms with E-state index in [1.807, 2.05) is 11.0 Å². The fourth-order valence-corrected chi connectivity index (χ4v) is 78.2. The Labute approximate surface area is 174 Å². The molecule has 0 aliphatic carbocycles. The fraction of sp³-hybridized carbons (Fsp3) is 0.667. The zero-order chi connectivity index (χ0) is 21.7. The first-order valence-electron chi connectivity index (χ1n) is 9.88. The van der Waals surface area contributed by atoms with Crippen LogP contribution in [0.5, 0.6) is 0 Å². The number of halogens is 2. The van der Waals surface area contributed by atoms with Gasteiger partial charge in [-0.3, -0.25) is 0 Å². The average molecular weight is 555 g/mol. The normalized spacial score (nSPS) is 16.5. The van der Waals surface area contributed by atoms with Crippen molar-refractivity contribution < 1.29 is 5.73 Å². The molecule has 0 bridgehead atoms. The molecule has 27 heavy (non-hydrogen) atoms. The summed E-state index contributed by atoms with van der Waals surface area (Å²) in [4.78, 5) is 0. The molecule has 0 atom stereocenters. The van der Waals surface area contributed by atoms with Crippen molar-refractivity contribution >= 4 is 55.2 Å². The fourth-order valence-electron chi connectivity index (χ4n) is 5.37. The third-order valence-corrected chi connectivity index (χ3v) is 59.3. The Morgan fingerprint density at radius 1 is 0.556 bits per heavy atom. The van der Waals surface area contributed by atoms with E-state index >= 15 is 5.73 Å². The van der Waals surface area contributed by atoms with E-state index in [0.29, 0.717) is 3.58 Å². The van der Waals surface area contributed by atoms with Crippen molar-refractivity contribution in [2.75, 3.05) is 0 Å². The molecule has 0 fully saturated rings. The van der Waals surface area contributed by atoms with Crippen LogP contribution >= 0.6 is 0 Å². The molecule has 0 aromatic heterocycles. The first-order valence-corrected chi connectivity index (χ1v) is 29.8. The minimum atomic E-state index is -6.74. The molecule has 0 spiro atoms. The van der Waals surface area contributed by atoms with Crippen molar-refractivity contribution in [3.05, 3.63) is 30.3 Å². The monoisotopic (exact) mass is 555 g/mol. The third kappa shape index (κ3) is 5.05. The molecular weight excluding hydrogens is 513 g/mol. The Balaban J connectivity index is 4.17. The molecule has 0 heterocycles. The van der Waals surface area contributed by atoms with Gasteiger partial charge < -0.3 is 0 Å². The van der Waals surface area contributed by atoms with Crippen LogP contribution in [0.2, 0.25) is 78.6 Å². The van der Waals surface area contributed by atoms with Gasteiger partial charge in [0.2, 0.25) is 0 Å². The van der Waals surface area contributed by atoms with Gasteiger partial charge in [0.25, 0.3) is 0 Å². The molecule has 0 saturated carbocycles. The molecule has 0 saturated heterocycles. The van der Waals surface area contributed by atoms with Crippen LogP contribution in [0.1, 0.15) is 0 Å². The van der Waals surface area contributed by atoms with E-state index in [0.717, 1.165) is 0 Å². The predicted molar refractivity (Wildman–Crippen MR) is 131 cm³/mol. The van der Waals surface area contributed by atoms with Gasteiger partial charge in [0.1, 0.15) is 0 Å². The van der Waals surface area contributed by atoms with E-state index in [1.54, 1.807) is 24.3 Å². The molecule has 158 valence electrons. The molecule has 1 rings (SSSR count). The summed E-state index contributed by atoms with van der Waals surface area (Å²) in [5, 5.41) is 0. The Morgan fingerprint density at radius 3 is 1.04 bits per heavy atom. The third-order valence-electron chi connectivity index (χ3n) is 4.70. The number of hydrogen-bond donors (Lipinski definition) is 0. The maximum atomic E-state index is 18.1. The Kier molecular flexibility index (Phi) is 7.06. The molecule has 1 aromatic carbocycles. The van der Waals surface area contributed by atoms with E-state index in [9.17, 15) is 0 Å². The van der Waals surface area contributed by atoms with Crippen LogP contribution in [0.3, 0.4) is 0 Å². The molecule has 2 nitrogen and oxygen atoms in total.